The Morgan fingerprint density at radius 1 is 0.964 bits per heavy atom. The van der Waals surface area contributed by atoms with Gasteiger partial charge in [-0.3, -0.25) is 0 Å². The van der Waals surface area contributed by atoms with Crippen molar-refractivity contribution in [2.75, 3.05) is 0 Å². The van der Waals surface area contributed by atoms with Gasteiger partial charge >= 0.3 is 0 Å². The van der Waals surface area contributed by atoms with Gasteiger partial charge in [-0.1, -0.05) is 44.2 Å². The number of pyridine rings is 2. The van der Waals surface area contributed by atoms with Gasteiger partial charge in [0.2, 0.25) is 11.4 Å². The predicted molar refractivity (Wildman–Crippen MR) is 114 cm³/mol. The summed E-state index contributed by atoms with van der Waals surface area (Å²) in [6, 6.07) is 19.2. The summed E-state index contributed by atoms with van der Waals surface area (Å²) in [4.78, 5) is 4.77. The molecule has 0 radical (unpaired) electrons. The summed E-state index contributed by atoms with van der Waals surface area (Å²) in [6.07, 6.45) is 2.14. The van der Waals surface area contributed by atoms with Crippen molar-refractivity contribution in [3.8, 4) is 11.3 Å². The first-order chi connectivity index (χ1) is 13.5. The number of furan rings is 1. The van der Waals surface area contributed by atoms with Crippen molar-refractivity contribution < 1.29 is 8.98 Å². The average molecular weight is 367 g/mol. The van der Waals surface area contributed by atoms with Crippen LogP contribution in [0, 0.1) is 6.92 Å². The van der Waals surface area contributed by atoms with Crippen molar-refractivity contribution in [3.63, 3.8) is 0 Å². The lowest BCUT2D eigenvalue weighted by atomic mass is 9.97. The highest BCUT2D eigenvalue weighted by molar-refractivity contribution is 6.11. The minimum absolute atomic E-state index is 0.474. The maximum atomic E-state index is 6.36. The van der Waals surface area contributed by atoms with E-state index in [1.165, 1.54) is 11.1 Å². The normalized spacial score (nSPS) is 11.9. The topological polar surface area (TPSA) is 29.9 Å². The molecule has 0 N–H and O–H groups in total. The van der Waals surface area contributed by atoms with Crippen molar-refractivity contribution in [1.82, 2.24) is 4.98 Å². The van der Waals surface area contributed by atoms with Gasteiger partial charge < -0.3 is 4.42 Å². The molecule has 0 bridgehead atoms. The lowest BCUT2D eigenvalue weighted by Crippen LogP contribution is -2.31. The van der Waals surface area contributed by atoms with Gasteiger partial charge in [0, 0.05) is 28.3 Å². The highest BCUT2D eigenvalue weighted by Crippen LogP contribution is 2.37. The number of benzene rings is 2. The standard InChI is InChI=1S/C25H23N2O/c1-15(2)17-11-12-27(4)22(14-17)23-16(3)9-10-19-20-13-18-7-5-6-8-21(18)26-25(20)28-24(19)23/h5-15H,1-4H3/q+1. The van der Waals surface area contributed by atoms with Gasteiger partial charge in [-0.15, -0.1) is 0 Å². The van der Waals surface area contributed by atoms with Gasteiger partial charge in [-0.05, 0) is 36.1 Å². The van der Waals surface area contributed by atoms with E-state index in [0.29, 0.717) is 11.6 Å². The van der Waals surface area contributed by atoms with Crippen LogP contribution in [-0.2, 0) is 7.05 Å². The molecular weight excluding hydrogens is 344 g/mol. The van der Waals surface area contributed by atoms with Gasteiger partial charge in [0.25, 0.3) is 0 Å². The first-order valence-electron chi connectivity index (χ1n) is 9.74. The molecule has 0 unspecified atom stereocenters. The Kier molecular flexibility index (Phi) is 3.73. The Balaban J connectivity index is 1.88. The fourth-order valence-corrected chi connectivity index (χ4v) is 3.98. The third-order valence-corrected chi connectivity index (χ3v) is 5.64. The highest BCUT2D eigenvalue weighted by atomic mass is 16.3. The summed E-state index contributed by atoms with van der Waals surface area (Å²) in [5, 5.41) is 3.31. The molecule has 0 fully saturated rings. The average Bonchev–Trinajstić information content (AvgIpc) is 3.04. The molecule has 0 saturated heterocycles. The fraction of sp³-hybridized carbons (Fsp3) is 0.200. The van der Waals surface area contributed by atoms with E-state index in [9.17, 15) is 0 Å². The Hall–Kier alpha value is -3.20. The first kappa shape index (κ1) is 16.9. The van der Waals surface area contributed by atoms with Crippen LogP contribution in [0.3, 0.4) is 0 Å². The second-order valence-corrected chi connectivity index (χ2v) is 7.88. The van der Waals surface area contributed by atoms with Gasteiger partial charge in [-0.25, -0.2) is 9.55 Å². The van der Waals surface area contributed by atoms with Crippen LogP contribution >= 0.6 is 0 Å². The van der Waals surface area contributed by atoms with Crippen molar-refractivity contribution in [3.05, 3.63) is 71.9 Å². The molecule has 0 aliphatic rings. The zero-order chi connectivity index (χ0) is 19.4. The molecule has 0 aliphatic heterocycles. The molecule has 3 nitrogen and oxygen atoms in total. The van der Waals surface area contributed by atoms with Crippen LogP contribution < -0.4 is 4.57 Å². The number of fused-ring (bicyclic) bond motifs is 4. The van der Waals surface area contributed by atoms with E-state index in [4.69, 9.17) is 9.40 Å². The van der Waals surface area contributed by atoms with Crippen molar-refractivity contribution in [1.29, 1.82) is 0 Å². The van der Waals surface area contributed by atoms with Crippen molar-refractivity contribution in [2.45, 2.75) is 26.7 Å². The summed E-state index contributed by atoms with van der Waals surface area (Å²) in [5.41, 5.74) is 7.40. The highest BCUT2D eigenvalue weighted by Gasteiger charge is 2.22. The molecule has 3 aromatic heterocycles. The molecule has 28 heavy (non-hydrogen) atoms. The van der Waals surface area contributed by atoms with Crippen LogP contribution in [-0.4, -0.2) is 4.98 Å². The molecule has 2 aromatic carbocycles. The molecule has 5 rings (SSSR count). The zero-order valence-corrected chi connectivity index (χ0v) is 16.7. The number of aromatic nitrogens is 2. The van der Waals surface area contributed by atoms with Crippen LogP contribution in [0.5, 0.6) is 0 Å². The Morgan fingerprint density at radius 2 is 1.79 bits per heavy atom. The van der Waals surface area contributed by atoms with Gasteiger partial charge in [0.05, 0.1) is 11.1 Å². The van der Waals surface area contributed by atoms with Crippen LogP contribution in [0.2, 0.25) is 0 Å². The van der Waals surface area contributed by atoms with Crippen molar-refractivity contribution >= 4 is 33.0 Å². The van der Waals surface area contributed by atoms with Crippen LogP contribution in [0.1, 0.15) is 30.9 Å². The molecule has 138 valence electrons. The Morgan fingerprint density at radius 3 is 2.61 bits per heavy atom. The van der Waals surface area contributed by atoms with E-state index in [1.807, 2.05) is 18.2 Å². The number of para-hydroxylation sites is 1. The molecule has 0 atom stereocenters. The zero-order valence-electron chi connectivity index (χ0n) is 16.7. The largest absolute Gasteiger partial charge is 0.437 e. The summed E-state index contributed by atoms with van der Waals surface area (Å²) in [7, 11) is 2.09. The summed E-state index contributed by atoms with van der Waals surface area (Å²) in [6.45, 7) is 6.60. The molecule has 0 aliphatic carbocycles. The van der Waals surface area contributed by atoms with E-state index in [0.717, 1.165) is 38.5 Å². The maximum absolute atomic E-state index is 6.36. The van der Waals surface area contributed by atoms with Gasteiger partial charge in [-0.2, -0.15) is 0 Å². The molecule has 0 amide bonds. The third kappa shape index (κ3) is 2.50. The van der Waals surface area contributed by atoms with E-state index in [-0.39, 0.29) is 0 Å². The molecule has 5 aromatic rings. The maximum Gasteiger partial charge on any atom is 0.227 e. The number of hydrogen-bond donors (Lipinski definition) is 0. The number of nitrogens with zero attached hydrogens (tertiary/aromatic N) is 2. The lowest BCUT2D eigenvalue weighted by molar-refractivity contribution is -0.660. The Labute approximate surface area is 164 Å². The number of hydrogen-bond acceptors (Lipinski definition) is 2. The predicted octanol–water partition coefficient (Wildman–Crippen LogP) is 6.06. The minimum Gasteiger partial charge on any atom is -0.437 e. The first-order valence-corrected chi connectivity index (χ1v) is 9.74. The van der Waals surface area contributed by atoms with Crippen LogP contribution in [0.4, 0.5) is 0 Å². The minimum atomic E-state index is 0.474. The molecule has 3 heterocycles. The number of aryl methyl sites for hydroxylation is 2. The fourth-order valence-electron chi connectivity index (χ4n) is 3.98. The summed E-state index contributed by atoms with van der Waals surface area (Å²) in [5.74, 6) is 0.474. The van der Waals surface area contributed by atoms with Crippen molar-refractivity contribution in [2.24, 2.45) is 7.05 Å². The van der Waals surface area contributed by atoms with Gasteiger partial charge in [0.15, 0.2) is 11.8 Å². The smallest absolute Gasteiger partial charge is 0.227 e. The monoisotopic (exact) mass is 367 g/mol. The van der Waals surface area contributed by atoms with E-state index in [2.05, 4.69) is 75.0 Å². The Bertz CT molecular complexity index is 1360. The van der Waals surface area contributed by atoms with Gasteiger partial charge in [0.1, 0.15) is 7.05 Å². The summed E-state index contributed by atoms with van der Waals surface area (Å²) < 4.78 is 8.53. The quantitative estimate of drug-likeness (QED) is 0.355. The lowest BCUT2D eigenvalue weighted by Gasteiger charge is -2.09. The third-order valence-electron chi connectivity index (χ3n) is 5.64. The number of rotatable bonds is 2. The van der Waals surface area contributed by atoms with Crippen LogP contribution in [0.15, 0.2) is 65.2 Å². The summed E-state index contributed by atoms with van der Waals surface area (Å²) >= 11 is 0. The second-order valence-electron chi connectivity index (χ2n) is 7.88. The molecule has 0 saturated carbocycles. The van der Waals surface area contributed by atoms with E-state index < -0.39 is 0 Å². The van der Waals surface area contributed by atoms with E-state index >= 15 is 0 Å². The molecular formula is C25H23N2O+. The SMILES string of the molecule is Cc1ccc2c(oc3nc4ccccc4cc32)c1-c1cc(C(C)C)cc[n+]1C. The van der Waals surface area contributed by atoms with Crippen LogP contribution in [0.25, 0.3) is 44.2 Å². The second kappa shape index (κ2) is 6.16. The molecule has 0 spiro atoms. The molecule has 3 heteroatoms. The van der Waals surface area contributed by atoms with E-state index in [1.54, 1.807) is 0 Å².